The van der Waals surface area contributed by atoms with E-state index in [0.717, 1.165) is 0 Å². The van der Waals surface area contributed by atoms with Gasteiger partial charge in [-0.05, 0) is 11.6 Å². The van der Waals surface area contributed by atoms with Crippen molar-refractivity contribution in [1.82, 2.24) is 5.32 Å². The van der Waals surface area contributed by atoms with Crippen LogP contribution in [0.5, 0.6) is 5.75 Å². The number of aliphatic carboxylic acids is 2. The first-order valence-corrected chi connectivity index (χ1v) is 4.95. The monoisotopic (exact) mass is 239 g/mol. The van der Waals surface area contributed by atoms with Crippen LogP contribution < -0.4 is 5.32 Å². The third kappa shape index (κ3) is 4.12. The quantitative estimate of drug-likeness (QED) is 0.559. The number of benzene rings is 1. The minimum absolute atomic E-state index is 0.00382. The van der Waals surface area contributed by atoms with Gasteiger partial charge in [0.2, 0.25) is 0 Å². The van der Waals surface area contributed by atoms with Crippen LogP contribution >= 0.6 is 0 Å². The van der Waals surface area contributed by atoms with E-state index in [1.807, 2.05) is 0 Å². The lowest BCUT2D eigenvalue weighted by Crippen LogP contribution is -2.41. The number of rotatable bonds is 6. The number of para-hydroxylation sites is 1. The molecule has 6 heteroatoms. The second kappa shape index (κ2) is 5.86. The Morgan fingerprint density at radius 2 is 1.88 bits per heavy atom. The fraction of sp³-hybridized carbons (Fsp3) is 0.273. The van der Waals surface area contributed by atoms with Gasteiger partial charge in [-0.25, -0.2) is 0 Å². The number of phenolic OH excluding ortho intramolecular Hbond substituents is 1. The predicted molar refractivity (Wildman–Crippen MR) is 58.9 cm³/mol. The highest BCUT2D eigenvalue weighted by Gasteiger charge is 2.19. The van der Waals surface area contributed by atoms with E-state index in [-0.39, 0.29) is 12.2 Å². The van der Waals surface area contributed by atoms with Gasteiger partial charge < -0.3 is 15.3 Å². The van der Waals surface area contributed by atoms with Crippen LogP contribution in [0, 0.1) is 0 Å². The van der Waals surface area contributed by atoms with Crippen molar-refractivity contribution in [3.8, 4) is 5.75 Å². The molecule has 17 heavy (non-hydrogen) atoms. The van der Waals surface area contributed by atoms with E-state index in [2.05, 4.69) is 5.32 Å². The van der Waals surface area contributed by atoms with Crippen molar-refractivity contribution in [1.29, 1.82) is 0 Å². The van der Waals surface area contributed by atoms with Gasteiger partial charge in [0, 0.05) is 6.42 Å². The van der Waals surface area contributed by atoms with Crippen LogP contribution in [-0.2, 0) is 16.0 Å². The lowest BCUT2D eigenvalue weighted by molar-refractivity contribution is -0.140. The van der Waals surface area contributed by atoms with Gasteiger partial charge in [0.1, 0.15) is 11.8 Å². The fourth-order valence-electron chi connectivity index (χ4n) is 1.36. The first-order chi connectivity index (χ1) is 8.00. The van der Waals surface area contributed by atoms with Crippen LogP contribution in [0.25, 0.3) is 0 Å². The first kappa shape index (κ1) is 13.0. The van der Waals surface area contributed by atoms with Gasteiger partial charge in [-0.1, -0.05) is 18.2 Å². The molecular formula is C11H13NO5. The molecule has 1 aromatic carbocycles. The Kier molecular flexibility index (Phi) is 4.47. The average Bonchev–Trinajstić information content (AvgIpc) is 2.25. The van der Waals surface area contributed by atoms with E-state index in [4.69, 9.17) is 10.2 Å². The molecule has 0 aliphatic rings. The number of hydrogen-bond donors (Lipinski definition) is 4. The topological polar surface area (TPSA) is 107 Å². The molecule has 0 saturated carbocycles. The molecule has 0 aromatic heterocycles. The molecule has 4 N–H and O–H groups in total. The SMILES string of the molecule is O=C(O)CNC(Cc1ccccc1O)C(=O)O. The van der Waals surface area contributed by atoms with Gasteiger partial charge in [-0.15, -0.1) is 0 Å². The lowest BCUT2D eigenvalue weighted by atomic mass is 10.1. The Bertz CT molecular complexity index is 418. The zero-order valence-corrected chi connectivity index (χ0v) is 8.96. The van der Waals surface area contributed by atoms with Crippen LogP contribution in [-0.4, -0.2) is 39.8 Å². The standard InChI is InChI=1S/C11H13NO5/c13-9-4-2-1-3-7(9)5-8(11(16)17)12-6-10(14)15/h1-4,8,12-13H,5-6H2,(H,14,15)(H,16,17). The molecular weight excluding hydrogens is 226 g/mol. The van der Waals surface area contributed by atoms with Gasteiger partial charge >= 0.3 is 11.9 Å². The van der Waals surface area contributed by atoms with Crippen molar-refractivity contribution in [2.24, 2.45) is 0 Å². The number of carboxylic acid groups (broad SMARTS) is 2. The number of aromatic hydroxyl groups is 1. The van der Waals surface area contributed by atoms with E-state index in [1.54, 1.807) is 18.2 Å². The zero-order valence-electron chi connectivity index (χ0n) is 8.96. The number of carboxylic acids is 2. The molecule has 0 aliphatic carbocycles. The van der Waals surface area contributed by atoms with E-state index in [0.29, 0.717) is 5.56 Å². The van der Waals surface area contributed by atoms with Crippen LogP contribution in [0.2, 0.25) is 0 Å². The minimum atomic E-state index is -1.16. The Labute approximate surface area is 97.5 Å². The molecule has 1 rings (SSSR count). The van der Waals surface area contributed by atoms with Crippen molar-refractivity contribution in [2.75, 3.05) is 6.54 Å². The molecule has 0 amide bonds. The lowest BCUT2D eigenvalue weighted by Gasteiger charge is -2.13. The molecule has 0 radical (unpaired) electrons. The number of carbonyl (C=O) groups is 2. The normalized spacial score (nSPS) is 12.0. The van der Waals surface area contributed by atoms with Gasteiger partial charge in [-0.3, -0.25) is 14.9 Å². The summed E-state index contributed by atoms with van der Waals surface area (Å²) >= 11 is 0. The maximum Gasteiger partial charge on any atom is 0.321 e. The molecule has 0 aliphatic heterocycles. The van der Waals surface area contributed by atoms with Crippen molar-refractivity contribution < 1.29 is 24.9 Å². The van der Waals surface area contributed by atoms with Crippen molar-refractivity contribution in [3.05, 3.63) is 29.8 Å². The molecule has 0 bridgehead atoms. The molecule has 0 spiro atoms. The van der Waals surface area contributed by atoms with Crippen LogP contribution in [0.3, 0.4) is 0 Å². The molecule has 1 atom stereocenters. The summed E-state index contributed by atoms with van der Waals surface area (Å²) in [6, 6.07) is 5.29. The average molecular weight is 239 g/mol. The zero-order chi connectivity index (χ0) is 12.8. The maximum absolute atomic E-state index is 10.9. The highest BCUT2D eigenvalue weighted by atomic mass is 16.4. The second-order valence-corrected chi connectivity index (χ2v) is 3.50. The predicted octanol–water partition coefficient (Wildman–Crippen LogP) is 0.0621. The van der Waals surface area contributed by atoms with Crippen LogP contribution in [0.4, 0.5) is 0 Å². The van der Waals surface area contributed by atoms with Gasteiger partial charge in [0.05, 0.1) is 6.54 Å². The van der Waals surface area contributed by atoms with Crippen molar-refractivity contribution in [2.45, 2.75) is 12.5 Å². The molecule has 0 saturated heterocycles. The summed E-state index contributed by atoms with van der Waals surface area (Å²) in [6.07, 6.45) is 0.0231. The third-order valence-electron chi connectivity index (χ3n) is 2.21. The number of phenols is 1. The molecule has 0 heterocycles. The van der Waals surface area contributed by atoms with Crippen molar-refractivity contribution >= 4 is 11.9 Å². The van der Waals surface area contributed by atoms with E-state index < -0.39 is 24.5 Å². The molecule has 1 unspecified atom stereocenters. The molecule has 92 valence electrons. The smallest absolute Gasteiger partial charge is 0.321 e. The molecule has 1 aromatic rings. The number of nitrogens with one attached hydrogen (secondary N) is 1. The highest BCUT2D eigenvalue weighted by Crippen LogP contribution is 2.17. The Morgan fingerprint density at radius 1 is 1.24 bits per heavy atom. The molecule has 0 fully saturated rings. The summed E-state index contributed by atoms with van der Waals surface area (Å²) in [6.45, 7) is -0.440. The third-order valence-corrected chi connectivity index (χ3v) is 2.21. The summed E-state index contributed by atoms with van der Waals surface area (Å²) < 4.78 is 0. The van der Waals surface area contributed by atoms with E-state index in [9.17, 15) is 14.7 Å². The van der Waals surface area contributed by atoms with E-state index >= 15 is 0 Å². The van der Waals surface area contributed by atoms with Gasteiger partial charge in [0.15, 0.2) is 0 Å². The summed E-state index contributed by atoms with van der Waals surface area (Å²) in [5.74, 6) is -2.29. The van der Waals surface area contributed by atoms with Gasteiger partial charge in [-0.2, -0.15) is 0 Å². The van der Waals surface area contributed by atoms with Crippen LogP contribution in [0.1, 0.15) is 5.56 Å². The number of hydrogen-bond acceptors (Lipinski definition) is 4. The summed E-state index contributed by atoms with van der Waals surface area (Å²) in [4.78, 5) is 21.2. The summed E-state index contributed by atoms with van der Waals surface area (Å²) in [5, 5.41) is 29.2. The highest BCUT2D eigenvalue weighted by molar-refractivity contribution is 5.76. The van der Waals surface area contributed by atoms with Gasteiger partial charge in [0.25, 0.3) is 0 Å². The second-order valence-electron chi connectivity index (χ2n) is 3.50. The Morgan fingerprint density at radius 3 is 2.41 bits per heavy atom. The van der Waals surface area contributed by atoms with E-state index in [1.165, 1.54) is 6.07 Å². The fourth-order valence-corrected chi connectivity index (χ4v) is 1.36. The first-order valence-electron chi connectivity index (χ1n) is 4.95. The Balaban J connectivity index is 2.70. The summed E-state index contributed by atoms with van der Waals surface area (Å²) in [7, 11) is 0. The summed E-state index contributed by atoms with van der Waals surface area (Å²) in [5.41, 5.74) is 0.456. The molecule has 6 nitrogen and oxygen atoms in total. The van der Waals surface area contributed by atoms with Crippen LogP contribution in [0.15, 0.2) is 24.3 Å². The Hall–Kier alpha value is -2.08. The maximum atomic E-state index is 10.9. The largest absolute Gasteiger partial charge is 0.508 e. The van der Waals surface area contributed by atoms with Crippen molar-refractivity contribution in [3.63, 3.8) is 0 Å². The minimum Gasteiger partial charge on any atom is -0.508 e.